The van der Waals surface area contributed by atoms with E-state index in [0.29, 0.717) is 5.75 Å². The molecular formula is C18H20N2O5. The molecule has 1 N–H and O–H groups in total. The monoisotopic (exact) mass is 344 g/mol. The Balaban J connectivity index is 1.42. The van der Waals surface area contributed by atoms with Gasteiger partial charge in [-0.3, -0.25) is 19.8 Å². The molecule has 2 bridgehead atoms. The lowest BCUT2D eigenvalue weighted by Gasteiger charge is -2.21. The van der Waals surface area contributed by atoms with Crippen molar-refractivity contribution in [2.75, 3.05) is 0 Å². The Labute approximate surface area is 145 Å². The van der Waals surface area contributed by atoms with Gasteiger partial charge in [0.1, 0.15) is 5.75 Å². The molecule has 7 heteroatoms. The molecule has 3 amide bonds. The van der Waals surface area contributed by atoms with Crippen molar-refractivity contribution in [1.82, 2.24) is 10.4 Å². The Hall–Kier alpha value is -2.41. The van der Waals surface area contributed by atoms with Crippen LogP contribution < -0.4 is 10.2 Å². The van der Waals surface area contributed by atoms with Crippen molar-refractivity contribution in [1.29, 1.82) is 0 Å². The molecule has 0 saturated carbocycles. The van der Waals surface area contributed by atoms with Crippen molar-refractivity contribution >= 4 is 17.7 Å². The van der Waals surface area contributed by atoms with Gasteiger partial charge in [-0.15, -0.1) is 0 Å². The second kappa shape index (κ2) is 5.84. The number of ether oxygens (including phenoxy) is 2. The van der Waals surface area contributed by atoms with Crippen molar-refractivity contribution in [3.05, 3.63) is 29.8 Å². The minimum absolute atomic E-state index is 0.200. The van der Waals surface area contributed by atoms with E-state index in [2.05, 4.69) is 5.43 Å². The quantitative estimate of drug-likeness (QED) is 0.822. The second-order valence-electron chi connectivity index (χ2n) is 6.91. The minimum Gasteiger partial charge on any atom is -0.481 e. The van der Waals surface area contributed by atoms with Crippen molar-refractivity contribution < 1.29 is 23.9 Å². The van der Waals surface area contributed by atoms with E-state index in [9.17, 15) is 14.4 Å². The van der Waals surface area contributed by atoms with Crippen LogP contribution in [0.4, 0.5) is 0 Å². The molecule has 25 heavy (non-hydrogen) atoms. The average Bonchev–Trinajstić information content (AvgIpc) is 3.24. The van der Waals surface area contributed by atoms with Gasteiger partial charge in [0.15, 0.2) is 6.10 Å². The Kier molecular flexibility index (Phi) is 3.76. The van der Waals surface area contributed by atoms with Gasteiger partial charge < -0.3 is 9.47 Å². The molecule has 3 aliphatic heterocycles. The van der Waals surface area contributed by atoms with Crippen LogP contribution in [0.2, 0.25) is 0 Å². The number of nitrogens with one attached hydrogen (secondary N) is 1. The van der Waals surface area contributed by atoms with Crippen LogP contribution in [-0.2, 0) is 19.1 Å². The normalized spacial score (nSPS) is 31.2. The van der Waals surface area contributed by atoms with Gasteiger partial charge >= 0.3 is 0 Å². The number of hydrogen-bond acceptors (Lipinski definition) is 5. The van der Waals surface area contributed by atoms with Gasteiger partial charge in [0, 0.05) is 0 Å². The minimum atomic E-state index is -0.837. The maximum Gasteiger partial charge on any atom is 0.279 e. The zero-order valence-electron chi connectivity index (χ0n) is 14.1. The highest BCUT2D eigenvalue weighted by Gasteiger charge is 2.63. The van der Waals surface area contributed by atoms with E-state index in [1.807, 2.05) is 25.1 Å². The average molecular weight is 344 g/mol. The molecule has 3 saturated heterocycles. The molecule has 1 aromatic carbocycles. The number of carbonyl (C=O) groups excluding carboxylic acids is 3. The molecule has 3 heterocycles. The number of nitrogens with zero attached hydrogens (tertiary/aromatic N) is 1. The summed E-state index contributed by atoms with van der Waals surface area (Å²) in [6, 6.07) is 7.33. The summed E-state index contributed by atoms with van der Waals surface area (Å²) >= 11 is 0. The number of imide groups is 1. The van der Waals surface area contributed by atoms with Gasteiger partial charge in [-0.05, 0) is 44.4 Å². The van der Waals surface area contributed by atoms with Crippen LogP contribution in [0.25, 0.3) is 0 Å². The third-order valence-corrected chi connectivity index (χ3v) is 5.18. The van der Waals surface area contributed by atoms with E-state index >= 15 is 0 Å². The Morgan fingerprint density at radius 2 is 1.88 bits per heavy atom. The zero-order valence-corrected chi connectivity index (χ0v) is 14.1. The lowest BCUT2D eigenvalue weighted by Crippen LogP contribution is -2.51. The highest BCUT2D eigenvalue weighted by Crippen LogP contribution is 2.48. The topological polar surface area (TPSA) is 84.9 Å². The third-order valence-electron chi connectivity index (χ3n) is 5.18. The molecule has 0 aliphatic carbocycles. The number of carbonyl (C=O) groups is 3. The maximum atomic E-state index is 12.5. The molecule has 3 fully saturated rings. The number of amides is 3. The first-order chi connectivity index (χ1) is 12.0. The molecule has 0 aromatic heterocycles. The van der Waals surface area contributed by atoms with Gasteiger partial charge in [0.25, 0.3) is 17.7 Å². The summed E-state index contributed by atoms with van der Waals surface area (Å²) < 4.78 is 11.3. The fraction of sp³-hybridized carbons (Fsp3) is 0.500. The fourth-order valence-corrected chi connectivity index (χ4v) is 3.97. The summed E-state index contributed by atoms with van der Waals surface area (Å²) in [5.74, 6) is -1.64. The van der Waals surface area contributed by atoms with Gasteiger partial charge in [-0.2, -0.15) is 5.01 Å². The maximum absolute atomic E-state index is 12.5. The van der Waals surface area contributed by atoms with E-state index in [4.69, 9.17) is 9.47 Å². The van der Waals surface area contributed by atoms with E-state index < -0.39 is 23.8 Å². The fourth-order valence-electron chi connectivity index (χ4n) is 3.97. The smallest absolute Gasteiger partial charge is 0.279 e. The van der Waals surface area contributed by atoms with E-state index in [-0.39, 0.29) is 24.0 Å². The van der Waals surface area contributed by atoms with Gasteiger partial charge in [0.05, 0.1) is 24.0 Å². The molecule has 132 valence electrons. The molecule has 3 aliphatic rings. The molecule has 0 unspecified atom stereocenters. The molecule has 0 spiro atoms. The first-order valence-corrected chi connectivity index (χ1v) is 8.53. The summed E-state index contributed by atoms with van der Waals surface area (Å²) in [5, 5.41) is 0.863. The second-order valence-corrected chi connectivity index (χ2v) is 6.91. The Morgan fingerprint density at radius 1 is 1.24 bits per heavy atom. The van der Waals surface area contributed by atoms with Crippen LogP contribution in [0.15, 0.2) is 24.3 Å². The predicted molar refractivity (Wildman–Crippen MR) is 86.1 cm³/mol. The molecule has 1 aromatic rings. The number of benzene rings is 1. The third kappa shape index (κ3) is 2.59. The van der Waals surface area contributed by atoms with Crippen LogP contribution in [0, 0.1) is 18.8 Å². The SMILES string of the molecule is Cc1cccc(O[C@H](C)C(=O)NN2C(=O)[C@@H]3[C@H](C2=O)[C@@H]2CC[C@@H]3O2)c1. The molecule has 0 radical (unpaired) electrons. The van der Waals surface area contributed by atoms with E-state index in [1.54, 1.807) is 13.0 Å². The summed E-state index contributed by atoms with van der Waals surface area (Å²) in [4.78, 5) is 37.4. The summed E-state index contributed by atoms with van der Waals surface area (Å²) in [5.41, 5.74) is 3.44. The van der Waals surface area contributed by atoms with Crippen LogP contribution in [-0.4, -0.2) is 41.0 Å². The van der Waals surface area contributed by atoms with Crippen molar-refractivity contribution in [3.63, 3.8) is 0 Å². The highest BCUT2D eigenvalue weighted by molar-refractivity contribution is 6.07. The number of rotatable bonds is 4. The number of hydrogen-bond donors (Lipinski definition) is 1. The summed E-state index contributed by atoms with van der Waals surface area (Å²) in [6.07, 6.45) is 0.346. The number of fused-ring (bicyclic) bond motifs is 5. The largest absolute Gasteiger partial charge is 0.481 e. The van der Waals surface area contributed by atoms with Crippen molar-refractivity contribution in [2.24, 2.45) is 11.8 Å². The first kappa shape index (κ1) is 16.1. The van der Waals surface area contributed by atoms with E-state index in [1.165, 1.54) is 0 Å². The summed E-state index contributed by atoms with van der Waals surface area (Å²) in [7, 11) is 0. The predicted octanol–water partition coefficient (Wildman–Crippen LogP) is 0.956. The van der Waals surface area contributed by atoms with Crippen LogP contribution in [0.1, 0.15) is 25.3 Å². The number of aryl methyl sites for hydroxylation is 1. The standard InChI is InChI=1S/C18H20N2O5/c1-9-4-3-5-11(8-9)24-10(2)16(21)19-20-17(22)14-12-6-7-13(25-12)15(14)18(20)23/h3-5,8,10,12-15H,6-7H2,1-2H3,(H,19,21)/t10-,12+,13+,14-,15+/m1/s1. The molecule has 7 nitrogen and oxygen atoms in total. The molecule has 4 rings (SSSR count). The van der Waals surface area contributed by atoms with Gasteiger partial charge in [-0.25, -0.2) is 0 Å². The molecular weight excluding hydrogens is 324 g/mol. The molecule has 5 atom stereocenters. The lowest BCUT2D eigenvalue weighted by molar-refractivity contribution is -0.153. The number of hydrazine groups is 1. The van der Waals surface area contributed by atoms with Gasteiger partial charge in [-0.1, -0.05) is 12.1 Å². The Morgan fingerprint density at radius 3 is 2.48 bits per heavy atom. The van der Waals surface area contributed by atoms with Crippen LogP contribution >= 0.6 is 0 Å². The van der Waals surface area contributed by atoms with E-state index in [0.717, 1.165) is 23.4 Å². The Bertz CT molecular complexity index is 721. The zero-order chi connectivity index (χ0) is 17.7. The van der Waals surface area contributed by atoms with Crippen LogP contribution in [0.5, 0.6) is 5.75 Å². The van der Waals surface area contributed by atoms with Crippen molar-refractivity contribution in [3.8, 4) is 5.75 Å². The van der Waals surface area contributed by atoms with Crippen LogP contribution in [0.3, 0.4) is 0 Å². The first-order valence-electron chi connectivity index (χ1n) is 8.53. The summed E-state index contributed by atoms with van der Waals surface area (Å²) in [6.45, 7) is 3.50. The van der Waals surface area contributed by atoms with Gasteiger partial charge in [0.2, 0.25) is 0 Å². The lowest BCUT2D eigenvalue weighted by atomic mass is 9.81. The highest BCUT2D eigenvalue weighted by atomic mass is 16.5. The van der Waals surface area contributed by atoms with Crippen molar-refractivity contribution in [2.45, 2.75) is 45.0 Å².